The predicted octanol–water partition coefficient (Wildman–Crippen LogP) is 0.408. The third-order valence-electron chi connectivity index (χ3n) is 5.85. The molecule has 2 atom stereocenters. The topological polar surface area (TPSA) is 143 Å². The summed E-state index contributed by atoms with van der Waals surface area (Å²) >= 11 is 0. The van der Waals surface area contributed by atoms with Crippen molar-refractivity contribution in [3.05, 3.63) is 57.5 Å². The standard InChI is InChI=1S/C21H26FN5O6S/c1-13-12-33-10-9-27(13)34(31,32)25-16-3-2-8-26-19(16)24-17(18(28)21(26)30)20(29)23-11-14-4-6-15(22)7-5-14/h4-7,13,16,25,28H,2-3,8-12H2,1H3,(H,23,29). The molecular formula is C21H26FN5O6S. The molecule has 0 spiro atoms. The largest absolute Gasteiger partial charge is 0.501 e. The first kappa shape index (κ1) is 24.3. The fraction of sp³-hybridized carbons (Fsp3) is 0.476. The molecular weight excluding hydrogens is 469 g/mol. The Bertz CT molecular complexity index is 1230. The highest BCUT2D eigenvalue weighted by molar-refractivity contribution is 7.87. The molecule has 13 heteroatoms. The van der Waals surface area contributed by atoms with E-state index in [1.54, 1.807) is 6.92 Å². The molecule has 1 fully saturated rings. The summed E-state index contributed by atoms with van der Waals surface area (Å²) in [6.07, 6.45) is 0.849. The monoisotopic (exact) mass is 495 g/mol. The Balaban J connectivity index is 1.59. The van der Waals surface area contributed by atoms with Gasteiger partial charge in [0.05, 0.1) is 19.3 Å². The average molecular weight is 496 g/mol. The lowest BCUT2D eigenvalue weighted by Crippen LogP contribution is -2.53. The highest BCUT2D eigenvalue weighted by Crippen LogP contribution is 2.26. The van der Waals surface area contributed by atoms with E-state index in [1.807, 2.05) is 0 Å². The molecule has 2 unspecified atom stereocenters. The number of nitrogens with one attached hydrogen (secondary N) is 2. The molecule has 0 aliphatic carbocycles. The van der Waals surface area contributed by atoms with Crippen molar-refractivity contribution < 1.29 is 27.4 Å². The summed E-state index contributed by atoms with van der Waals surface area (Å²) in [4.78, 5) is 29.7. The van der Waals surface area contributed by atoms with Crippen molar-refractivity contribution >= 4 is 16.1 Å². The molecule has 2 aliphatic rings. The van der Waals surface area contributed by atoms with E-state index in [-0.39, 0.29) is 44.7 Å². The minimum absolute atomic E-state index is 0.0175. The van der Waals surface area contributed by atoms with Gasteiger partial charge >= 0.3 is 0 Å². The first-order valence-electron chi connectivity index (χ1n) is 10.9. The van der Waals surface area contributed by atoms with Crippen LogP contribution in [0.3, 0.4) is 0 Å². The van der Waals surface area contributed by atoms with Crippen LogP contribution in [-0.2, 0) is 28.0 Å². The molecule has 0 radical (unpaired) electrons. The fourth-order valence-corrected chi connectivity index (χ4v) is 5.65. The fourth-order valence-electron chi connectivity index (χ4n) is 4.08. The van der Waals surface area contributed by atoms with Crippen LogP contribution in [0.25, 0.3) is 0 Å². The molecule has 1 aromatic heterocycles. The highest BCUT2D eigenvalue weighted by atomic mass is 32.2. The van der Waals surface area contributed by atoms with E-state index in [1.165, 1.54) is 33.1 Å². The smallest absolute Gasteiger partial charge is 0.296 e. The lowest BCUT2D eigenvalue weighted by Gasteiger charge is -2.34. The van der Waals surface area contributed by atoms with Crippen molar-refractivity contribution in [2.24, 2.45) is 0 Å². The molecule has 1 aromatic carbocycles. The quantitative estimate of drug-likeness (QED) is 0.527. The SMILES string of the molecule is CC1COCCN1S(=O)(=O)NC1CCCn2c1nc(C(=O)NCc1ccc(F)cc1)c(O)c2=O. The van der Waals surface area contributed by atoms with Crippen molar-refractivity contribution in [1.29, 1.82) is 0 Å². The number of carbonyl (C=O) groups is 1. The van der Waals surface area contributed by atoms with Gasteiger partial charge < -0.3 is 15.2 Å². The van der Waals surface area contributed by atoms with Crippen LogP contribution in [0.4, 0.5) is 4.39 Å². The van der Waals surface area contributed by atoms with Crippen molar-refractivity contribution in [3.63, 3.8) is 0 Å². The van der Waals surface area contributed by atoms with Gasteiger partial charge in [-0.3, -0.25) is 14.2 Å². The van der Waals surface area contributed by atoms with Crippen molar-refractivity contribution in [2.75, 3.05) is 19.8 Å². The van der Waals surface area contributed by atoms with E-state index in [0.717, 1.165) is 0 Å². The maximum Gasteiger partial charge on any atom is 0.296 e. The summed E-state index contributed by atoms with van der Waals surface area (Å²) in [5.41, 5.74) is -0.709. The van der Waals surface area contributed by atoms with Crippen LogP contribution < -0.4 is 15.6 Å². The maximum atomic E-state index is 13.1. The number of benzene rings is 1. The van der Waals surface area contributed by atoms with Crippen LogP contribution in [0.1, 0.15) is 47.7 Å². The zero-order valence-electron chi connectivity index (χ0n) is 18.5. The zero-order valence-corrected chi connectivity index (χ0v) is 19.3. The molecule has 3 heterocycles. The Morgan fingerprint density at radius 3 is 2.74 bits per heavy atom. The van der Waals surface area contributed by atoms with Gasteiger partial charge in [-0.2, -0.15) is 17.4 Å². The number of morpholine rings is 1. The van der Waals surface area contributed by atoms with Crippen molar-refractivity contribution in [3.8, 4) is 5.75 Å². The van der Waals surface area contributed by atoms with Gasteiger partial charge in [0.15, 0.2) is 5.69 Å². The summed E-state index contributed by atoms with van der Waals surface area (Å²) < 4.78 is 49.5. The van der Waals surface area contributed by atoms with Gasteiger partial charge in [0.25, 0.3) is 21.7 Å². The number of fused-ring (bicyclic) bond motifs is 1. The number of nitrogens with zero attached hydrogens (tertiary/aromatic N) is 3. The first-order chi connectivity index (χ1) is 16.2. The van der Waals surface area contributed by atoms with E-state index in [0.29, 0.717) is 18.4 Å². The number of carbonyl (C=O) groups excluding carboxylic acids is 1. The van der Waals surface area contributed by atoms with E-state index < -0.39 is 45.0 Å². The predicted molar refractivity (Wildman–Crippen MR) is 119 cm³/mol. The van der Waals surface area contributed by atoms with Crippen LogP contribution in [0.2, 0.25) is 0 Å². The molecule has 4 rings (SSSR count). The van der Waals surface area contributed by atoms with Crippen LogP contribution >= 0.6 is 0 Å². The van der Waals surface area contributed by atoms with Gasteiger partial charge in [-0.05, 0) is 37.5 Å². The van der Waals surface area contributed by atoms with Crippen molar-refractivity contribution in [1.82, 2.24) is 23.9 Å². The van der Waals surface area contributed by atoms with Gasteiger partial charge in [-0.25, -0.2) is 9.37 Å². The number of ether oxygens (including phenoxy) is 1. The van der Waals surface area contributed by atoms with Crippen LogP contribution in [0, 0.1) is 5.82 Å². The molecule has 1 amide bonds. The number of amides is 1. The molecule has 34 heavy (non-hydrogen) atoms. The molecule has 184 valence electrons. The van der Waals surface area contributed by atoms with Gasteiger partial charge in [0.2, 0.25) is 5.75 Å². The minimum Gasteiger partial charge on any atom is -0.501 e. The summed E-state index contributed by atoms with van der Waals surface area (Å²) in [7, 11) is -3.93. The minimum atomic E-state index is -3.93. The Kier molecular flexibility index (Phi) is 6.98. The highest BCUT2D eigenvalue weighted by Gasteiger charge is 2.35. The van der Waals surface area contributed by atoms with E-state index >= 15 is 0 Å². The van der Waals surface area contributed by atoms with Crippen molar-refractivity contribution in [2.45, 2.75) is 44.9 Å². The number of aromatic hydroxyl groups is 1. The number of hydrogen-bond acceptors (Lipinski definition) is 7. The molecule has 3 N–H and O–H groups in total. The van der Waals surface area contributed by atoms with Crippen LogP contribution in [-0.4, -0.2) is 59.1 Å². The number of aromatic nitrogens is 2. The van der Waals surface area contributed by atoms with E-state index in [4.69, 9.17) is 4.74 Å². The van der Waals surface area contributed by atoms with Gasteiger partial charge in [-0.15, -0.1) is 0 Å². The Labute approximate surface area is 195 Å². The van der Waals surface area contributed by atoms with Gasteiger partial charge in [-0.1, -0.05) is 12.1 Å². The third-order valence-corrected chi connectivity index (χ3v) is 7.59. The molecule has 1 saturated heterocycles. The summed E-state index contributed by atoms with van der Waals surface area (Å²) in [5, 5.41) is 12.9. The lowest BCUT2D eigenvalue weighted by atomic mass is 10.1. The number of halogens is 1. The normalized spacial score (nSPS) is 21.1. The third kappa shape index (κ3) is 4.97. The maximum absolute atomic E-state index is 13.1. The van der Waals surface area contributed by atoms with E-state index in [9.17, 15) is 27.5 Å². The van der Waals surface area contributed by atoms with Crippen LogP contribution in [0.15, 0.2) is 29.1 Å². The second kappa shape index (κ2) is 9.78. The van der Waals surface area contributed by atoms with Gasteiger partial charge in [0, 0.05) is 25.7 Å². The zero-order chi connectivity index (χ0) is 24.5. The summed E-state index contributed by atoms with van der Waals surface area (Å²) in [6, 6.07) is 4.25. The summed E-state index contributed by atoms with van der Waals surface area (Å²) in [5.74, 6) is -1.98. The average Bonchev–Trinajstić information content (AvgIpc) is 2.81. The lowest BCUT2D eigenvalue weighted by molar-refractivity contribution is 0.0384. The first-order valence-corrected chi connectivity index (χ1v) is 12.3. The molecule has 2 aliphatic heterocycles. The molecule has 11 nitrogen and oxygen atoms in total. The molecule has 0 saturated carbocycles. The molecule has 2 aromatic rings. The molecule has 0 bridgehead atoms. The summed E-state index contributed by atoms with van der Waals surface area (Å²) in [6.45, 7) is 2.72. The number of hydrogen-bond donors (Lipinski definition) is 3. The second-order valence-corrected chi connectivity index (χ2v) is 9.94. The Hall–Kier alpha value is -2.87. The Morgan fingerprint density at radius 1 is 1.29 bits per heavy atom. The van der Waals surface area contributed by atoms with Gasteiger partial charge in [0.1, 0.15) is 11.6 Å². The van der Waals surface area contributed by atoms with E-state index in [2.05, 4.69) is 15.0 Å². The van der Waals surface area contributed by atoms with Crippen LogP contribution in [0.5, 0.6) is 5.75 Å². The Morgan fingerprint density at radius 2 is 2.03 bits per heavy atom. The number of rotatable bonds is 6. The second-order valence-electron chi connectivity index (χ2n) is 8.29.